The summed E-state index contributed by atoms with van der Waals surface area (Å²) in [5.74, 6) is 0. The molecule has 2 heterocycles. The van der Waals surface area contributed by atoms with Crippen LogP contribution in [0.2, 0.25) is 10.0 Å². The molecule has 30 heavy (non-hydrogen) atoms. The van der Waals surface area contributed by atoms with Gasteiger partial charge in [0, 0.05) is 21.2 Å². The molecule has 0 aliphatic rings. The molecule has 2 aromatic heterocycles. The van der Waals surface area contributed by atoms with Crippen LogP contribution in [-0.2, 0) is 0 Å². The van der Waals surface area contributed by atoms with E-state index in [-0.39, 0.29) is 5.69 Å². The maximum Gasteiger partial charge on any atom is 0.371 e. The van der Waals surface area contributed by atoms with E-state index in [0.717, 1.165) is 22.3 Å². The Labute approximate surface area is 181 Å². The summed E-state index contributed by atoms with van der Waals surface area (Å²) in [7, 11) is 0. The van der Waals surface area contributed by atoms with Crippen LogP contribution in [0.5, 0.6) is 0 Å². The van der Waals surface area contributed by atoms with E-state index in [2.05, 4.69) is 10.2 Å². The van der Waals surface area contributed by atoms with Crippen LogP contribution in [-0.4, -0.2) is 19.4 Å². The fraction of sp³-hybridized carbons (Fsp3) is 0. The smallest absolute Gasteiger partial charge is 0.243 e. The van der Waals surface area contributed by atoms with Gasteiger partial charge in [0.15, 0.2) is 5.65 Å². The van der Waals surface area contributed by atoms with Crippen molar-refractivity contribution < 1.29 is 0 Å². The summed E-state index contributed by atoms with van der Waals surface area (Å²) < 4.78 is 2.67. The van der Waals surface area contributed by atoms with Gasteiger partial charge < -0.3 is 0 Å². The Balaban J connectivity index is 1.84. The normalized spacial score (nSPS) is 11.1. The van der Waals surface area contributed by atoms with Crippen molar-refractivity contribution in [3.05, 3.63) is 106 Å². The SMILES string of the molecule is O=c1n(-c2ccccc2)nc2c(-c3ccc(Cl)cc3)c(-c3ccc(Cl)cc3)cnn12. The topological polar surface area (TPSA) is 52.2 Å². The molecule has 5 rings (SSSR count). The number of rotatable bonds is 3. The van der Waals surface area contributed by atoms with Gasteiger partial charge in [0.05, 0.1) is 11.9 Å². The maximum atomic E-state index is 13.0. The third-order valence-corrected chi connectivity index (χ3v) is 5.35. The van der Waals surface area contributed by atoms with E-state index in [9.17, 15) is 4.79 Å². The highest BCUT2D eigenvalue weighted by molar-refractivity contribution is 6.31. The second-order valence-corrected chi connectivity index (χ2v) is 7.59. The second-order valence-electron chi connectivity index (χ2n) is 6.71. The number of hydrogen-bond acceptors (Lipinski definition) is 3. The molecule has 5 aromatic rings. The van der Waals surface area contributed by atoms with Crippen LogP contribution < -0.4 is 5.69 Å². The van der Waals surface area contributed by atoms with Crippen molar-refractivity contribution in [2.45, 2.75) is 0 Å². The van der Waals surface area contributed by atoms with E-state index in [1.54, 1.807) is 6.20 Å². The first-order valence-corrected chi connectivity index (χ1v) is 9.96. The van der Waals surface area contributed by atoms with Gasteiger partial charge in [-0.1, -0.05) is 65.7 Å². The van der Waals surface area contributed by atoms with Crippen molar-refractivity contribution in [2.24, 2.45) is 0 Å². The lowest BCUT2D eigenvalue weighted by Crippen LogP contribution is -2.20. The van der Waals surface area contributed by atoms with Gasteiger partial charge in [-0.2, -0.15) is 14.3 Å². The largest absolute Gasteiger partial charge is 0.371 e. The van der Waals surface area contributed by atoms with Crippen LogP contribution in [0.25, 0.3) is 33.6 Å². The number of hydrogen-bond donors (Lipinski definition) is 0. The average Bonchev–Trinajstić information content (AvgIpc) is 3.12. The molecule has 0 fully saturated rings. The van der Waals surface area contributed by atoms with E-state index in [4.69, 9.17) is 23.2 Å². The van der Waals surface area contributed by atoms with Crippen LogP contribution in [0.15, 0.2) is 89.9 Å². The summed E-state index contributed by atoms with van der Waals surface area (Å²) in [6.07, 6.45) is 1.68. The quantitative estimate of drug-likeness (QED) is 0.377. The monoisotopic (exact) mass is 432 g/mol. The number of aromatic nitrogens is 4. The van der Waals surface area contributed by atoms with Crippen LogP contribution in [0.1, 0.15) is 0 Å². The summed E-state index contributed by atoms with van der Waals surface area (Å²) in [4.78, 5) is 13.0. The predicted molar refractivity (Wildman–Crippen MR) is 119 cm³/mol. The molecule has 146 valence electrons. The molecule has 0 amide bonds. The van der Waals surface area contributed by atoms with Crippen LogP contribution in [0.4, 0.5) is 0 Å². The maximum absolute atomic E-state index is 13.0. The molecule has 0 radical (unpaired) electrons. The van der Waals surface area contributed by atoms with E-state index in [1.165, 1.54) is 9.20 Å². The fourth-order valence-corrected chi connectivity index (χ4v) is 3.66. The highest BCUT2D eigenvalue weighted by Crippen LogP contribution is 2.35. The zero-order valence-corrected chi connectivity index (χ0v) is 17.0. The van der Waals surface area contributed by atoms with Crippen LogP contribution in [0, 0.1) is 0 Å². The molecular formula is C23H14Cl2N4O. The van der Waals surface area contributed by atoms with Crippen LogP contribution >= 0.6 is 23.2 Å². The molecule has 5 nitrogen and oxygen atoms in total. The predicted octanol–water partition coefficient (Wildman–Crippen LogP) is 5.52. The van der Waals surface area contributed by atoms with Crippen molar-refractivity contribution >= 4 is 28.8 Å². The number of fused-ring (bicyclic) bond motifs is 1. The Kier molecular flexibility index (Phi) is 4.62. The van der Waals surface area contributed by atoms with E-state index < -0.39 is 0 Å². The number of nitrogens with zero attached hydrogens (tertiary/aromatic N) is 4. The summed E-state index contributed by atoms with van der Waals surface area (Å²) in [6.45, 7) is 0. The number of para-hydroxylation sites is 1. The molecule has 0 atom stereocenters. The molecule has 0 saturated heterocycles. The summed E-state index contributed by atoms with van der Waals surface area (Å²) in [6, 6.07) is 24.2. The van der Waals surface area contributed by atoms with Gasteiger partial charge in [0.25, 0.3) is 0 Å². The van der Waals surface area contributed by atoms with Crippen molar-refractivity contribution in [3.8, 4) is 27.9 Å². The lowest BCUT2D eigenvalue weighted by Gasteiger charge is -2.11. The molecule has 0 aliphatic carbocycles. The lowest BCUT2D eigenvalue weighted by molar-refractivity contribution is 0.803. The first-order chi connectivity index (χ1) is 14.6. The Bertz CT molecular complexity index is 1410. The summed E-state index contributed by atoms with van der Waals surface area (Å²) in [5, 5.41) is 10.3. The minimum atomic E-state index is -0.339. The van der Waals surface area contributed by atoms with Gasteiger partial charge in [-0.3, -0.25) is 0 Å². The zero-order chi connectivity index (χ0) is 20.7. The van der Waals surface area contributed by atoms with E-state index in [1.807, 2.05) is 78.9 Å². The Hall–Kier alpha value is -3.41. The molecular weight excluding hydrogens is 419 g/mol. The Morgan fingerprint density at radius 3 is 1.97 bits per heavy atom. The van der Waals surface area contributed by atoms with Crippen molar-refractivity contribution in [1.82, 2.24) is 19.4 Å². The third kappa shape index (κ3) is 3.18. The first kappa shape index (κ1) is 18.6. The zero-order valence-electron chi connectivity index (χ0n) is 15.5. The van der Waals surface area contributed by atoms with E-state index >= 15 is 0 Å². The first-order valence-electron chi connectivity index (χ1n) is 9.20. The number of halogens is 2. The standard InChI is InChI=1S/C23H14Cl2N4O/c24-17-10-6-15(7-11-17)20-14-26-29-22(21(20)16-8-12-18(25)13-9-16)27-28(23(29)30)19-4-2-1-3-5-19/h1-14H. The molecule has 3 aromatic carbocycles. The third-order valence-electron chi connectivity index (χ3n) is 4.84. The minimum absolute atomic E-state index is 0.339. The molecule has 0 bridgehead atoms. The van der Waals surface area contributed by atoms with Gasteiger partial charge >= 0.3 is 5.69 Å². The molecule has 0 N–H and O–H groups in total. The Morgan fingerprint density at radius 1 is 0.733 bits per heavy atom. The number of benzene rings is 3. The van der Waals surface area contributed by atoms with Gasteiger partial charge in [-0.15, -0.1) is 5.10 Å². The second kappa shape index (κ2) is 7.44. The van der Waals surface area contributed by atoms with Crippen molar-refractivity contribution in [2.75, 3.05) is 0 Å². The van der Waals surface area contributed by atoms with Crippen LogP contribution in [0.3, 0.4) is 0 Å². The fourth-order valence-electron chi connectivity index (χ4n) is 3.41. The summed E-state index contributed by atoms with van der Waals surface area (Å²) in [5.41, 5.74) is 4.21. The van der Waals surface area contributed by atoms with Gasteiger partial charge in [0.2, 0.25) is 0 Å². The van der Waals surface area contributed by atoms with E-state index in [0.29, 0.717) is 21.4 Å². The average molecular weight is 433 g/mol. The van der Waals surface area contributed by atoms with Gasteiger partial charge in [0.1, 0.15) is 0 Å². The van der Waals surface area contributed by atoms with Crippen molar-refractivity contribution in [1.29, 1.82) is 0 Å². The molecule has 0 aliphatic heterocycles. The minimum Gasteiger partial charge on any atom is -0.243 e. The van der Waals surface area contributed by atoms with Gasteiger partial charge in [-0.25, -0.2) is 4.79 Å². The summed E-state index contributed by atoms with van der Waals surface area (Å²) >= 11 is 12.2. The Morgan fingerprint density at radius 2 is 1.33 bits per heavy atom. The highest BCUT2D eigenvalue weighted by Gasteiger charge is 2.19. The van der Waals surface area contributed by atoms with Crippen molar-refractivity contribution in [3.63, 3.8) is 0 Å². The molecule has 7 heteroatoms. The molecule has 0 spiro atoms. The lowest BCUT2D eigenvalue weighted by atomic mass is 9.97. The van der Waals surface area contributed by atoms with Gasteiger partial charge in [-0.05, 0) is 47.5 Å². The highest BCUT2D eigenvalue weighted by atomic mass is 35.5. The molecule has 0 saturated carbocycles. The molecule has 0 unspecified atom stereocenters.